The molecule has 2 heterocycles. The highest BCUT2D eigenvalue weighted by Crippen LogP contribution is 2.26. The Morgan fingerprint density at radius 1 is 1.57 bits per heavy atom. The van der Waals surface area contributed by atoms with E-state index >= 15 is 0 Å². The SMILES string of the molecule is CC1CCNC(C)C1n1cn[nH]c1=O. The third-order valence-electron chi connectivity index (χ3n) is 3.06. The summed E-state index contributed by atoms with van der Waals surface area (Å²) in [7, 11) is 0. The average molecular weight is 196 g/mol. The zero-order valence-corrected chi connectivity index (χ0v) is 8.53. The van der Waals surface area contributed by atoms with Crippen LogP contribution in [0.2, 0.25) is 0 Å². The van der Waals surface area contributed by atoms with Crippen LogP contribution in [-0.2, 0) is 0 Å². The summed E-state index contributed by atoms with van der Waals surface area (Å²) >= 11 is 0. The maximum Gasteiger partial charge on any atom is 0.343 e. The molecule has 78 valence electrons. The summed E-state index contributed by atoms with van der Waals surface area (Å²) in [6, 6.07) is 0.545. The smallest absolute Gasteiger partial charge is 0.312 e. The van der Waals surface area contributed by atoms with Crippen molar-refractivity contribution in [2.75, 3.05) is 6.54 Å². The van der Waals surface area contributed by atoms with E-state index in [4.69, 9.17) is 0 Å². The maximum absolute atomic E-state index is 11.4. The van der Waals surface area contributed by atoms with Crippen molar-refractivity contribution < 1.29 is 0 Å². The third kappa shape index (κ3) is 1.48. The fourth-order valence-corrected chi connectivity index (χ4v) is 2.31. The summed E-state index contributed by atoms with van der Waals surface area (Å²) in [5, 5.41) is 9.58. The fourth-order valence-electron chi connectivity index (χ4n) is 2.31. The number of hydrogen-bond donors (Lipinski definition) is 2. The Morgan fingerprint density at radius 2 is 2.36 bits per heavy atom. The summed E-state index contributed by atoms with van der Waals surface area (Å²) in [5.41, 5.74) is -0.114. The molecule has 1 aromatic rings. The molecule has 2 N–H and O–H groups in total. The van der Waals surface area contributed by atoms with Gasteiger partial charge in [-0.05, 0) is 25.8 Å². The van der Waals surface area contributed by atoms with Crippen LogP contribution in [0.25, 0.3) is 0 Å². The Bertz CT molecular complexity index is 346. The van der Waals surface area contributed by atoms with Crippen molar-refractivity contribution in [3.05, 3.63) is 16.8 Å². The second-order valence-electron chi connectivity index (χ2n) is 4.07. The molecule has 3 unspecified atom stereocenters. The van der Waals surface area contributed by atoms with Gasteiger partial charge in [0.15, 0.2) is 0 Å². The largest absolute Gasteiger partial charge is 0.343 e. The summed E-state index contributed by atoms with van der Waals surface area (Å²) in [6.45, 7) is 5.33. The van der Waals surface area contributed by atoms with E-state index in [0.717, 1.165) is 13.0 Å². The molecule has 0 aromatic carbocycles. The highest BCUT2D eigenvalue weighted by atomic mass is 16.1. The van der Waals surface area contributed by atoms with Crippen LogP contribution < -0.4 is 11.0 Å². The molecule has 1 aliphatic rings. The normalized spacial score (nSPS) is 33.1. The minimum atomic E-state index is -0.114. The number of rotatable bonds is 1. The van der Waals surface area contributed by atoms with Crippen molar-refractivity contribution in [3.63, 3.8) is 0 Å². The van der Waals surface area contributed by atoms with Gasteiger partial charge in [-0.2, -0.15) is 5.10 Å². The monoisotopic (exact) mass is 196 g/mol. The summed E-state index contributed by atoms with van der Waals surface area (Å²) in [5.74, 6) is 0.515. The molecule has 2 rings (SSSR count). The zero-order valence-electron chi connectivity index (χ0n) is 8.53. The van der Waals surface area contributed by atoms with Gasteiger partial charge in [-0.25, -0.2) is 9.89 Å². The molecular weight excluding hydrogens is 180 g/mol. The lowest BCUT2D eigenvalue weighted by molar-refractivity contribution is 0.213. The number of aromatic nitrogens is 3. The van der Waals surface area contributed by atoms with Crippen molar-refractivity contribution in [2.24, 2.45) is 5.92 Å². The van der Waals surface area contributed by atoms with Gasteiger partial charge in [-0.15, -0.1) is 0 Å². The van der Waals surface area contributed by atoms with Crippen molar-refractivity contribution >= 4 is 0 Å². The molecule has 1 aliphatic heterocycles. The average Bonchev–Trinajstić information content (AvgIpc) is 2.52. The molecular formula is C9H16N4O. The lowest BCUT2D eigenvalue weighted by Crippen LogP contribution is -2.46. The Morgan fingerprint density at radius 3 is 2.93 bits per heavy atom. The predicted octanol–water partition coefficient (Wildman–Crippen LogP) is 0.130. The van der Waals surface area contributed by atoms with E-state index in [2.05, 4.69) is 29.4 Å². The Hall–Kier alpha value is -1.10. The molecule has 3 atom stereocenters. The number of hydrogen-bond acceptors (Lipinski definition) is 3. The van der Waals surface area contributed by atoms with E-state index in [1.54, 1.807) is 10.9 Å². The molecule has 1 aromatic heterocycles. The van der Waals surface area contributed by atoms with Gasteiger partial charge in [0, 0.05) is 6.04 Å². The fraction of sp³-hybridized carbons (Fsp3) is 0.778. The van der Waals surface area contributed by atoms with E-state index in [1.807, 2.05) is 0 Å². The van der Waals surface area contributed by atoms with Gasteiger partial charge in [-0.1, -0.05) is 6.92 Å². The molecule has 0 aliphatic carbocycles. The highest BCUT2D eigenvalue weighted by molar-refractivity contribution is 4.88. The number of H-pyrrole nitrogens is 1. The molecule has 0 saturated carbocycles. The van der Waals surface area contributed by atoms with Crippen molar-refractivity contribution in [1.82, 2.24) is 20.1 Å². The van der Waals surface area contributed by atoms with E-state index in [0.29, 0.717) is 12.0 Å². The van der Waals surface area contributed by atoms with Crippen LogP contribution >= 0.6 is 0 Å². The van der Waals surface area contributed by atoms with Gasteiger partial charge in [0.25, 0.3) is 0 Å². The second-order valence-corrected chi connectivity index (χ2v) is 4.07. The first-order chi connectivity index (χ1) is 6.70. The van der Waals surface area contributed by atoms with Crippen LogP contribution in [0.1, 0.15) is 26.3 Å². The van der Waals surface area contributed by atoms with Crippen LogP contribution in [-0.4, -0.2) is 27.4 Å². The lowest BCUT2D eigenvalue weighted by atomic mass is 9.89. The second kappa shape index (κ2) is 3.57. The molecule has 1 fully saturated rings. The molecule has 0 radical (unpaired) electrons. The first-order valence-corrected chi connectivity index (χ1v) is 5.05. The Kier molecular flexibility index (Phi) is 2.41. The molecule has 5 heteroatoms. The molecule has 5 nitrogen and oxygen atoms in total. The summed E-state index contributed by atoms with van der Waals surface area (Å²) < 4.78 is 1.70. The molecule has 1 saturated heterocycles. The maximum atomic E-state index is 11.4. The minimum Gasteiger partial charge on any atom is -0.312 e. The van der Waals surface area contributed by atoms with Crippen molar-refractivity contribution in [2.45, 2.75) is 32.4 Å². The highest BCUT2D eigenvalue weighted by Gasteiger charge is 2.29. The Labute approximate surface area is 82.5 Å². The standard InChI is InChI=1S/C9H16N4O/c1-6-3-4-10-7(2)8(6)13-5-11-12-9(13)14/h5-8,10H,3-4H2,1-2H3,(H,12,14). The van der Waals surface area contributed by atoms with Gasteiger partial charge < -0.3 is 5.32 Å². The minimum absolute atomic E-state index is 0.114. The van der Waals surface area contributed by atoms with Gasteiger partial charge >= 0.3 is 5.69 Å². The van der Waals surface area contributed by atoms with E-state index in [9.17, 15) is 4.79 Å². The quantitative estimate of drug-likeness (QED) is 0.671. The van der Waals surface area contributed by atoms with Gasteiger partial charge in [0.05, 0.1) is 6.04 Å². The third-order valence-corrected chi connectivity index (χ3v) is 3.06. The number of nitrogens with one attached hydrogen (secondary N) is 2. The van der Waals surface area contributed by atoms with Gasteiger partial charge in [0.2, 0.25) is 0 Å². The van der Waals surface area contributed by atoms with Crippen LogP contribution in [0.4, 0.5) is 0 Å². The summed E-state index contributed by atoms with van der Waals surface area (Å²) in [4.78, 5) is 11.4. The van der Waals surface area contributed by atoms with Gasteiger partial charge in [0.1, 0.15) is 6.33 Å². The predicted molar refractivity (Wildman–Crippen MR) is 53.1 cm³/mol. The topological polar surface area (TPSA) is 62.7 Å². The molecule has 14 heavy (non-hydrogen) atoms. The van der Waals surface area contributed by atoms with Crippen LogP contribution in [0, 0.1) is 5.92 Å². The molecule has 0 spiro atoms. The van der Waals surface area contributed by atoms with Crippen LogP contribution in [0.5, 0.6) is 0 Å². The van der Waals surface area contributed by atoms with E-state index in [-0.39, 0.29) is 11.7 Å². The van der Waals surface area contributed by atoms with Crippen LogP contribution in [0.3, 0.4) is 0 Å². The molecule has 0 amide bonds. The number of nitrogens with zero attached hydrogens (tertiary/aromatic N) is 2. The Balaban J connectivity index is 2.31. The summed E-state index contributed by atoms with van der Waals surface area (Å²) in [6.07, 6.45) is 2.69. The number of aromatic amines is 1. The van der Waals surface area contributed by atoms with Crippen molar-refractivity contribution in [3.8, 4) is 0 Å². The lowest BCUT2D eigenvalue weighted by Gasteiger charge is -2.35. The van der Waals surface area contributed by atoms with Crippen LogP contribution in [0.15, 0.2) is 11.1 Å². The zero-order chi connectivity index (χ0) is 10.1. The number of piperidine rings is 1. The van der Waals surface area contributed by atoms with Crippen molar-refractivity contribution in [1.29, 1.82) is 0 Å². The first kappa shape index (κ1) is 9.45. The first-order valence-electron chi connectivity index (χ1n) is 5.05. The molecule has 0 bridgehead atoms. The van der Waals surface area contributed by atoms with Gasteiger partial charge in [-0.3, -0.25) is 4.57 Å². The van der Waals surface area contributed by atoms with E-state index < -0.39 is 0 Å². The van der Waals surface area contributed by atoms with E-state index in [1.165, 1.54) is 0 Å².